The number of aromatic nitrogens is 1. The van der Waals surface area contributed by atoms with Gasteiger partial charge in [0.15, 0.2) is 12.0 Å². The van der Waals surface area contributed by atoms with Crippen LogP contribution in [-0.4, -0.2) is 11.1 Å². The predicted octanol–water partition coefficient (Wildman–Crippen LogP) is 1.80. The van der Waals surface area contributed by atoms with Crippen molar-refractivity contribution in [3.63, 3.8) is 0 Å². The van der Waals surface area contributed by atoms with Crippen molar-refractivity contribution in [3.8, 4) is 0 Å². The summed E-state index contributed by atoms with van der Waals surface area (Å²) in [6.07, 6.45) is 2.77. The summed E-state index contributed by atoms with van der Waals surface area (Å²) >= 11 is 0. The molecule has 2 rings (SSSR count). The highest BCUT2D eigenvalue weighted by atomic mass is 16.3. The lowest BCUT2D eigenvalue weighted by Crippen LogP contribution is -1.67. The molecule has 0 radical (unpaired) electrons. The van der Waals surface area contributed by atoms with Crippen LogP contribution in [0.3, 0.4) is 0 Å². The maximum absolute atomic E-state index is 9.99. The van der Waals surface area contributed by atoms with Crippen molar-refractivity contribution >= 4 is 22.9 Å². The van der Waals surface area contributed by atoms with Crippen molar-refractivity contribution in [2.24, 2.45) is 4.99 Å². The van der Waals surface area contributed by atoms with Gasteiger partial charge in [0.25, 0.3) is 0 Å². The fourth-order valence-corrected chi connectivity index (χ4v) is 1.01. The molecule has 0 saturated heterocycles. The number of benzene rings is 1. The Morgan fingerprint density at radius 1 is 1.50 bits per heavy atom. The number of fused-ring (bicyclic) bond motifs is 1. The maximum Gasteiger partial charge on any atom is 0.240 e. The van der Waals surface area contributed by atoms with Crippen LogP contribution in [0.1, 0.15) is 0 Å². The van der Waals surface area contributed by atoms with E-state index in [4.69, 9.17) is 4.42 Å². The van der Waals surface area contributed by atoms with Gasteiger partial charge in [-0.2, -0.15) is 4.99 Å². The Balaban J connectivity index is 2.81. The number of nitrogens with zero attached hydrogens (tertiary/aromatic N) is 2. The van der Waals surface area contributed by atoms with Gasteiger partial charge < -0.3 is 4.42 Å². The third-order valence-electron chi connectivity index (χ3n) is 1.50. The molecule has 0 bridgehead atoms. The topological polar surface area (TPSA) is 55.5 Å². The van der Waals surface area contributed by atoms with E-state index in [1.807, 2.05) is 0 Å². The third-order valence-corrected chi connectivity index (χ3v) is 1.50. The number of isocyanates is 1. The van der Waals surface area contributed by atoms with E-state index in [2.05, 4.69) is 9.98 Å². The zero-order valence-corrected chi connectivity index (χ0v) is 6.02. The second-order valence-electron chi connectivity index (χ2n) is 2.18. The van der Waals surface area contributed by atoms with Crippen LogP contribution < -0.4 is 0 Å². The molecule has 12 heavy (non-hydrogen) atoms. The number of para-hydroxylation sites is 1. The molecule has 0 fully saturated rings. The van der Waals surface area contributed by atoms with Crippen LogP contribution in [0.5, 0.6) is 0 Å². The molecule has 0 aliphatic carbocycles. The first-order valence-corrected chi connectivity index (χ1v) is 3.32. The summed E-state index contributed by atoms with van der Waals surface area (Å²) in [6.45, 7) is 0. The quantitative estimate of drug-likeness (QED) is 0.472. The van der Waals surface area contributed by atoms with E-state index in [-0.39, 0.29) is 0 Å². The minimum Gasteiger partial charge on any atom is -0.441 e. The molecular weight excluding hydrogens is 156 g/mol. The summed E-state index contributed by atoms with van der Waals surface area (Å²) in [7, 11) is 0. The van der Waals surface area contributed by atoms with E-state index in [0.29, 0.717) is 16.8 Å². The molecule has 0 amide bonds. The molecule has 4 heteroatoms. The molecule has 0 atom stereocenters. The van der Waals surface area contributed by atoms with E-state index in [9.17, 15) is 4.79 Å². The van der Waals surface area contributed by atoms with Crippen LogP contribution in [0.25, 0.3) is 11.1 Å². The van der Waals surface area contributed by atoms with Gasteiger partial charge in [-0.15, -0.1) is 0 Å². The van der Waals surface area contributed by atoms with Gasteiger partial charge in [-0.3, -0.25) is 0 Å². The molecule has 1 heterocycles. The van der Waals surface area contributed by atoms with Gasteiger partial charge in [0.05, 0.1) is 0 Å². The molecule has 0 saturated carbocycles. The van der Waals surface area contributed by atoms with E-state index in [1.54, 1.807) is 18.2 Å². The molecule has 1 aromatic carbocycles. The summed E-state index contributed by atoms with van der Waals surface area (Å²) in [6, 6.07) is 5.20. The van der Waals surface area contributed by atoms with E-state index < -0.39 is 0 Å². The van der Waals surface area contributed by atoms with Gasteiger partial charge in [0.2, 0.25) is 6.08 Å². The van der Waals surface area contributed by atoms with Gasteiger partial charge >= 0.3 is 0 Å². The van der Waals surface area contributed by atoms with Crippen LogP contribution in [0, 0.1) is 0 Å². The number of rotatable bonds is 1. The fraction of sp³-hybridized carbons (Fsp3) is 0. The Labute approximate surface area is 67.5 Å². The van der Waals surface area contributed by atoms with Gasteiger partial charge in [0, 0.05) is 0 Å². The lowest BCUT2D eigenvalue weighted by molar-refractivity contribution is 0.565. The van der Waals surface area contributed by atoms with Gasteiger partial charge in [0.1, 0.15) is 11.2 Å². The number of hydrogen-bond acceptors (Lipinski definition) is 4. The zero-order valence-electron chi connectivity index (χ0n) is 6.02. The van der Waals surface area contributed by atoms with Crippen LogP contribution >= 0.6 is 0 Å². The number of oxazole rings is 1. The highest BCUT2D eigenvalue weighted by Crippen LogP contribution is 2.23. The van der Waals surface area contributed by atoms with Gasteiger partial charge in [-0.05, 0) is 12.1 Å². The first-order chi connectivity index (χ1) is 5.92. The van der Waals surface area contributed by atoms with Crippen LogP contribution in [0.15, 0.2) is 34.0 Å². The summed E-state index contributed by atoms with van der Waals surface area (Å²) in [5.74, 6) is 0. The minimum absolute atomic E-state index is 0.458. The van der Waals surface area contributed by atoms with E-state index >= 15 is 0 Å². The van der Waals surface area contributed by atoms with Crippen molar-refractivity contribution < 1.29 is 9.21 Å². The first kappa shape index (κ1) is 6.76. The second kappa shape index (κ2) is 2.60. The highest BCUT2D eigenvalue weighted by molar-refractivity contribution is 5.84. The van der Waals surface area contributed by atoms with E-state index in [0.717, 1.165) is 0 Å². The minimum atomic E-state index is 0.458. The highest BCUT2D eigenvalue weighted by Gasteiger charge is 2.02. The Morgan fingerprint density at radius 3 is 3.25 bits per heavy atom. The Hall–Kier alpha value is -1.93. The number of carbonyl (C=O) groups excluding carboxylic acids is 1. The maximum atomic E-state index is 9.99. The third kappa shape index (κ3) is 0.909. The molecule has 1 aromatic heterocycles. The Bertz CT molecular complexity index is 455. The normalized spacial score (nSPS) is 9.67. The van der Waals surface area contributed by atoms with Crippen molar-refractivity contribution in [1.29, 1.82) is 0 Å². The molecular formula is C8H4N2O2. The Kier molecular flexibility index (Phi) is 1.47. The van der Waals surface area contributed by atoms with Crippen molar-refractivity contribution in [2.45, 2.75) is 0 Å². The number of hydrogen-bond donors (Lipinski definition) is 0. The van der Waals surface area contributed by atoms with Crippen LogP contribution in [0.4, 0.5) is 5.69 Å². The average Bonchev–Trinajstić information content (AvgIpc) is 2.53. The standard InChI is InChI=1S/C8H4N2O2/c11-4-9-6-2-1-3-7-8(6)12-5-10-7/h1-3,5H. The van der Waals surface area contributed by atoms with E-state index in [1.165, 1.54) is 12.5 Å². The summed E-state index contributed by atoms with van der Waals surface area (Å²) in [4.78, 5) is 17.4. The van der Waals surface area contributed by atoms with Crippen molar-refractivity contribution in [1.82, 2.24) is 4.98 Å². The second-order valence-corrected chi connectivity index (χ2v) is 2.18. The molecule has 0 unspecified atom stereocenters. The van der Waals surface area contributed by atoms with Crippen LogP contribution in [0.2, 0.25) is 0 Å². The summed E-state index contributed by atoms with van der Waals surface area (Å²) < 4.78 is 5.02. The van der Waals surface area contributed by atoms with Gasteiger partial charge in [-0.1, -0.05) is 6.07 Å². The Morgan fingerprint density at radius 2 is 2.42 bits per heavy atom. The molecule has 0 aliphatic heterocycles. The molecule has 4 nitrogen and oxygen atoms in total. The predicted molar refractivity (Wildman–Crippen MR) is 41.8 cm³/mol. The molecule has 0 aliphatic rings. The van der Waals surface area contributed by atoms with Crippen LogP contribution in [-0.2, 0) is 4.79 Å². The summed E-state index contributed by atoms with van der Waals surface area (Å²) in [5, 5.41) is 0. The lowest BCUT2D eigenvalue weighted by atomic mass is 10.3. The molecule has 0 N–H and O–H groups in total. The van der Waals surface area contributed by atoms with Gasteiger partial charge in [-0.25, -0.2) is 9.78 Å². The first-order valence-electron chi connectivity index (χ1n) is 3.32. The smallest absolute Gasteiger partial charge is 0.240 e. The fourth-order valence-electron chi connectivity index (χ4n) is 1.01. The lowest BCUT2D eigenvalue weighted by Gasteiger charge is -1.88. The average molecular weight is 160 g/mol. The zero-order chi connectivity index (χ0) is 8.39. The van der Waals surface area contributed by atoms with Crippen molar-refractivity contribution in [2.75, 3.05) is 0 Å². The number of aliphatic imine (C=N–C) groups is 1. The SMILES string of the molecule is O=C=Nc1cccc2ncoc12. The largest absolute Gasteiger partial charge is 0.441 e. The molecule has 2 aromatic rings. The monoisotopic (exact) mass is 160 g/mol. The van der Waals surface area contributed by atoms with Crippen molar-refractivity contribution in [3.05, 3.63) is 24.6 Å². The molecule has 58 valence electrons. The molecule has 0 spiro atoms. The summed E-state index contributed by atoms with van der Waals surface area (Å²) in [5.41, 5.74) is 1.66.